The molecule has 0 atom stereocenters. The molecule has 1 aliphatic heterocycles. The average Bonchev–Trinajstić information content (AvgIpc) is 3.47. The van der Waals surface area contributed by atoms with E-state index in [1.54, 1.807) is 11.0 Å². The zero-order valence-corrected chi connectivity index (χ0v) is 16.9. The number of aryl methyl sites for hydroxylation is 2. The summed E-state index contributed by atoms with van der Waals surface area (Å²) >= 11 is 0. The molecule has 4 nitrogen and oxygen atoms in total. The van der Waals surface area contributed by atoms with Gasteiger partial charge in [0, 0.05) is 38.1 Å². The maximum Gasteiger partial charge on any atom is 0.321 e. The number of carbonyl (C=O) groups excluding carboxylic acids is 1. The highest BCUT2D eigenvalue weighted by molar-refractivity contribution is 5.91. The lowest BCUT2D eigenvalue weighted by Gasteiger charge is -2.32. The van der Waals surface area contributed by atoms with E-state index in [9.17, 15) is 9.18 Å². The normalized spacial score (nSPS) is 15.9. The van der Waals surface area contributed by atoms with Crippen molar-refractivity contribution >= 4 is 17.4 Å². The number of urea groups is 1. The van der Waals surface area contributed by atoms with Crippen molar-refractivity contribution in [3.05, 3.63) is 58.4 Å². The van der Waals surface area contributed by atoms with Gasteiger partial charge in [0.2, 0.25) is 0 Å². The summed E-state index contributed by atoms with van der Waals surface area (Å²) in [4.78, 5) is 16.6. The minimum absolute atomic E-state index is 0.0419. The zero-order chi connectivity index (χ0) is 19.8. The molecule has 1 fully saturated rings. The summed E-state index contributed by atoms with van der Waals surface area (Å²) < 4.78 is 13.4. The lowest BCUT2D eigenvalue weighted by Crippen LogP contribution is -2.33. The highest BCUT2D eigenvalue weighted by Crippen LogP contribution is 2.32. The SMILES string of the molecule is Cc1cc(N2CCc3cc(F)ccc3C2)cc(C)c1NC(=O)N(C)CC1CC1. The lowest BCUT2D eigenvalue weighted by atomic mass is 9.98. The minimum atomic E-state index is -0.161. The predicted molar refractivity (Wildman–Crippen MR) is 111 cm³/mol. The molecule has 2 aromatic carbocycles. The number of carbonyl (C=O) groups is 1. The molecule has 1 saturated carbocycles. The molecule has 1 aliphatic carbocycles. The van der Waals surface area contributed by atoms with Crippen LogP contribution in [0.5, 0.6) is 0 Å². The molecule has 148 valence electrons. The quantitative estimate of drug-likeness (QED) is 0.819. The number of amides is 2. The average molecular weight is 381 g/mol. The van der Waals surface area contributed by atoms with E-state index in [1.165, 1.54) is 24.5 Å². The number of anilines is 2. The second kappa shape index (κ2) is 7.46. The van der Waals surface area contributed by atoms with Crippen LogP contribution in [0.25, 0.3) is 0 Å². The highest BCUT2D eigenvalue weighted by atomic mass is 19.1. The van der Waals surface area contributed by atoms with Crippen molar-refractivity contribution in [2.24, 2.45) is 5.92 Å². The third-order valence-electron chi connectivity index (χ3n) is 5.87. The number of hydrogen-bond acceptors (Lipinski definition) is 2. The van der Waals surface area contributed by atoms with Crippen molar-refractivity contribution in [1.82, 2.24) is 4.90 Å². The Bertz CT molecular complexity index is 884. The summed E-state index contributed by atoms with van der Waals surface area (Å²) in [6, 6.07) is 9.31. The smallest absolute Gasteiger partial charge is 0.321 e. The van der Waals surface area contributed by atoms with Crippen molar-refractivity contribution in [1.29, 1.82) is 0 Å². The Balaban J connectivity index is 1.49. The molecule has 2 aliphatic rings. The zero-order valence-electron chi connectivity index (χ0n) is 16.9. The molecule has 2 amide bonds. The summed E-state index contributed by atoms with van der Waals surface area (Å²) in [6.07, 6.45) is 3.31. The van der Waals surface area contributed by atoms with Gasteiger partial charge in [0.25, 0.3) is 0 Å². The number of rotatable bonds is 4. The minimum Gasteiger partial charge on any atom is -0.367 e. The van der Waals surface area contributed by atoms with Gasteiger partial charge in [0.1, 0.15) is 5.82 Å². The molecule has 1 heterocycles. The van der Waals surface area contributed by atoms with Gasteiger partial charge < -0.3 is 15.1 Å². The van der Waals surface area contributed by atoms with Gasteiger partial charge in [0.05, 0.1) is 0 Å². The van der Waals surface area contributed by atoms with E-state index in [-0.39, 0.29) is 11.8 Å². The van der Waals surface area contributed by atoms with Crippen molar-refractivity contribution in [3.63, 3.8) is 0 Å². The van der Waals surface area contributed by atoms with Crippen LogP contribution in [-0.4, -0.2) is 31.1 Å². The molecule has 4 rings (SSSR count). The third-order valence-corrected chi connectivity index (χ3v) is 5.87. The first-order chi connectivity index (χ1) is 13.4. The largest absolute Gasteiger partial charge is 0.367 e. The Morgan fingerprint density at radius 1 is 1.18 bits per heavy atom. The first kappa shape index (κ1) is 18.8. The van der Waals surface area contributed by atoms with Gasteiger partial charge in [-0.3, -0.25) is 0 Å². The van der Waals surface area contributed by atoms with Gasteiger partial charge in [0.15, 0.2) is 0 Å². The fraction of sp³-hybridized carbons (Fsp3) is 0.435. The summed E-state index contributed by atoms with van der Waals surface area (Å²) in [5.41, 5.74) is 6.46. The molecule has 28 heavy (non-hydrogen) atoms. The number of benzene rings is 2. The first-order valence-electron chi connectivity index (χ1n) is 10.1. The Kier molecular flexibility index (Phi) is 5.00. The standard InChI is InChI=1S/C23H28FN3O/c1-15-10-21(27-9-8-18-12-20(24)7-6-19(18)14-27)11-16(2)22(15)25-23(28)26(3)13-17-4-5-17/h6-7,10-12,17H,4-5,8-9,13-14H2,1-3H3,(H,25,28). The summed E-state index contributed by atoms with van der Waals surface area (Å²) in [5.74, 6) is 0.515. The van der Waals surface area contributed by atoms with Crippen LogP contribution in [0, 0.1) is 25.6 Å². The molecule has 0 unspecified atom stereocenters. The van der Waals surface area contributed by atoms with Gasteiger partial charge in [-0.1, -0.05) is 6.07 Å². The Morgan fingerprint density at radius 2 is 1.89 bits per heavy atom. The van der Waals surface area contributed by atoms with Crippen LogP contribution >= 0.6 is 0 Å². The molecule has 0 spiro atoms. The molecular formula is C23H28FN3O. The maximum atomic E-state index is 13.4. The van der Waals surface area contributed by atoms with Gasteiger partial charge in [-0.2, -0.15) is 0 Å². The van der Waals surface area contributed by atoms with Gasteiger partial charge in [-0.25, -0.2) is 9.18 Å². The summed E-state index contributed by atoms with van der Waals surface area (Å²) in [6.45, 7) is 6.56. The van der Waals surface area contributed by atoms with E-state index in [4.69, 9.17) is 0 Å². The van der Waals surface area contributed by atoms with Crippen LogP contribution < -0.4 is 10.2 Å². The Labute approximate surface area is 166 Å². The lowest BCUT2D eigenvalue weighted by molar-refractivity contribution is 0.220. The maximum absolute atomic E-state index is 13.4. The van der Waals surface area contributed by atoms with Crippen LogP contribution in [0.15, 0.2) is 30.3 Å². The van der Waals surface area contributed by atoms with E-state index >= 15 is 0 Å². The van der Waals surface area contributed by atoms with E-state index in [2.05, 4.69) is 22.3 Å². The number of halogens is 1. The van der Waals surface area contributed by atoms with Gasteiger partial charge in [-0.15, -0.1) is 0 Å². The van der Waals surface area contributed by atoms with Crippen LogP contribution in [0.2, 0.25) is 0 Å². The van der Waals surface area contributed by atoms with Crippen molar-refractivity contribution in [2.75, 3.05) is 30.4 Å². The first-order valence-corrected chi connectivity index (χ1v) is 10.1. The Hall–Kier alpha value is -2.56. The monoisotopic (exact) mass is 381 g/mol. The number of nitrogens with zero attached hydrogens (tertiary/aromatic N) is 2. The number of hydrogen-bond donors (Lipinski definition) is 1. The molecule has 0 saturated heterocycles. The second-order valence-electron chi connectivity index (χ2n) is 8.29. The highest BCUT2D eigenvalue weighted by Gasteiger charge is 2.25. The van der Waals surface area contributed by atoms with Crippen molar-refractivity contribution < 1.29 is 9.18 Å². The van der Waals surface area contributed by atoms with Crippen LogP contribution in [-0.2, 0) is 13.0 Å². The van der Waals surface area contributed by atoms with Gasteiger partial charge >= 0.3 is 6.03 Å². The van der Waals surface area contributed by atoms with Gasteiger partial charge in [-0.05, 0) is 85.5 Å². The number of fused-ring (bicyclic) bond motifs is 1. The topological polar surface area (TPSA) is 35.6 Å². The van der Waals surface area contributed by atoms with E-state index in [1.807, 2.05) is 27.0 Å². The third kappa shape index (κ3) is 3.98. The molecule has 1 N–H and O–H groups in total. The fourth-order valence-electron chi connectivity index (χ4n) is 4.04. The molecule has 0 radical (unpaired) electrons. The van der Waals surface area contributed by atoms with Crippen molar-refractivity contribution in [3.8, 4) is 0 Å². The van der Waals surface area contributed by atoms with E-state index < -0.39 is 0 Å². The van der Waals surface area contributed by atoms with Crippen molar-refractivity contribution in [2.45, 2.75) is 39.7 Å². The van der Waals surface area contributed by atoms with Crippen LogP contribution in [0.3, 0.4) is 0 Å². The fourth-order valence-corrected chi connectivity index (χ4v) is 4.04. The molecule has 2 aromatic rings. The van der Waals surface area contributed by atoms with E-state index in [0.29, 0.717) is 5.92 Å². The molecule has 0 bridgehead atoms. The second-order valence-corrected chi connectivity index (χ2v) is 8.29. The van der Waals surface area contributed by atoms with Crippen LogP contribution in [0.1, 0.15) is 35.1 Å². The van der Waals surface area contributed by atoms with E-state index in [0.717, 1.165) is 54.1 Å². The van der Waals surface area contributed by atoms with Crippen LogP contribution in [0.4, 0.5) is 20.6 Å². The summed E-state index contributed by atoms with van der Waals surface area (Å²) in [7, 11) is 1.86. The predicted octanol–water partition coefficient (Wildman–Crippen LogP) is 4.88. The number of nitrogens with one attached hydrogen (secondary N) is 1. The molecular weight excluding hydrogens is 353 g/mol. The molecule has 0 aromatic heterocycles. The molecule has 5 heteroatoms. The summed E-state index contributed by atoms with van der Waals surface area (Å²) in [5, 5.41) is 3.09. The Morgan fingerprint density at radius 3 is 2.57 bits per heavy atom.